The third-order valence-corrected chi connectivity index (χ3v) is 2.77. The number of hydrogen-bond acceptors (Lipinski definition) is 3. The molecule has 0 heterocycles. The number of thiocarbonyl (C=S) groups is 1. The van der Waals surface area contributed by atoms with Crippen LogP contribution in [0.1, 0.15) is 17.3 Å². The second-order valence-electron chi connectivity index (χ2n) is 3.63. The van der Waals surface area contributed by atoms with Gasteiger partial charge < -0.3 is 15.4 Å². The highest BCUT2D eigenvalue weighted by Crippen LogP contribution is 2.24. The molecule has 0 saturated heterocycles. The van der Waals surface area contributed by atoms with E-state index in [0.717, 1.165) is 0 Å². The van der Waals surface area contributed by atoms with E-state index < -0.39 is 0 Å². The molecular formula is C12H15ClN2O2S. The number of rotatable bonds is 5. The lowest BCUT2D eigenvalue weighted by atomic mass is 10.1. The number of halogens is 1. The third-order valence-electron chi connectivity index (χ3n) is 2.41. The van der Waals surface area contributed by atoms with Gasteiger partial charge in [0.15, 0.2) is 0 Å². The van der Waals surface area contributed by atoms with Crippen molar-refractivity contribution in [2.45, 2.75) is 6.92 Å². The van der Waals surface area contributed by atoms with Crippen molar-refractivity contribution in [3.63, 3.8) is 0 Å². The molecule has 0 spiro atoms. The number of nitrogens with zero attached hydrogens (tertiary/aromatic N) is 1. The SMILES string of the molecule is CCN(CC(N)=S)C(=O)c1cc(Cl)ccc1OC. The van der Waals surface area contributed by atoms with E-state index in [0.29, 0.717) is 22.9 Å². The van der Waals surface area contributed by atoms with Crippen molar-refractivity contribution in [1.82, 2.24) is 4.90 Å². The zero-order valence-electron chi connectivity index (χ0n) is 10.3. The van der Waals surface area contributed by atoms with E-state index in [2.05, 4.69) is 0 Å². The van der Waals surface area contributed by atoms with E-state index >= 15 is 0 Å². The average Bonchev–Trinajstić information content (AvgIpc) is 2.34. The molecule has 6 heteroatoms. The molecule has 0 radical (unpaired) electrons. The first-order valence-corrected chi connectivity index (χ1v) is 6.19. The summed E-state index contributed by atoms with van der Waals surface area (Å²) in [6.45, 7) is 2.60. The van der Waals surface area contributed by atoms with Crippen LogP contribution in [0.3, 0.4) is 0 Å². The van der Waals surface area contributed by atoms with Gasteiger partial charge in [-0.3, -0.25) is 4.79 Å². The summed E-state index contributed by atoms with van der Waals surface area (Å²) in [5.41, 5.74) is 5.87. The summed E-state index contributed by atoms with van der Waals surface area (Å²) in [6.07, 6.45) is 0. The van der Waals surface area contributed by atoms with Gasteiger partial charge in [0.2, 0.25) is 0 Å². The lowest BCUT2D eigenvalue weighted by Crippen LogP contribution is -2.37. The van der Waals surface area contributed by atoms with Gasteiger partial charge in [-0.15, -0.1) is 0 Å². The predicted octanol–water partition coefficient (Wildman–Crippen LogP) is 2.10. The van der Waals surface area contributed by atoms with Crippen LogP contribution in [0.15, 0.2) is 18.2 Å². The smallest absolute Gasteiger partial charge is 0.258 e. The molecular weight excluding hydrogens is 272 g/mol. The summed E-state index contributed by atoms with van der Waals surface area (Å²) in [4.78, 5) is 14.1. The highest BCUT2D eigenvalue weighted by molar-refractivity contribution is 7.80. The molecule has 0 aliphatic rings. The number of benzene rings is 1. The molecule has 2 N–H and O–H groups in total. The number of likely N-dealkylation sites (N-methyl/N-ethyl adjacent to an activating group) is 1. The number of hydrogen-bond donors (Lipinski definition) is 1. The van der Waals surface area contributed by atoms with Crippen molar-refractivity contribution in [2.24, 2.45) is 5.73 Å². The molecule has 0 aliphatic heterocycles. The summed E-state index contributed by atoms with van der Waals surface area (Å²) < 4.78 is 5.15. The van der Waals surface area contributed by atoms with Crippen LogP contribution in [-0.2, 0) is 0 Å². The summed E-state index contributed by atoms with van der Waals surface area (Å²) in [6, 6.07) is 4.90. The van der Waals surface area contributed by atoms with Crippen molar-refractivity contribution >= 4 is 34.7 Å². The summed E-state index contributed by atoms with van der Waals surface area (Å²) in [7, 11) is 1.50. The molecule has 0 unspecified atom stereocenters. The number of carbonyl (C=O) groups is 1. The molecule has 1 rings (SSSR count). The molecule has 0 atom stereocenters. The Hall–Kier alpha value is -1.33. The quantitative estimate of drug-likeness (QED) is 0.842. The zero-order chi connectivity index (χ0) is 13.7. The van der Waals surface area contributed by atoms with E-state index in [9.17, 15) is 4.79 Å². The van der Waals surface area contributed by atoms with Crippen molar-refractivity contribution < 1.29 is 9.53 Å². The first-order chi connectivity index (χ1) is 8.49. The zero-order valence-corrected chi connectivity index (χ0v) is 11.8. The van der Waals surface area contributed by atoms with Gasteiger partial charge in [0.1, 0.15) is 5.75 Å². The lowest BCUT2D eigenvalue weighted by Gasteiger charge is -2.21. The van der Waals surface area contributed by atoms with Crippen molar-refractivity contribution in [1.29, 1.82) is 0 Å². The highest BCUT2D eigenvalue weighted by atomic mass is 35.5. The second-order valence-corrected chi connectivity index (χ2v) is 4.59. The van der Waals surface area contributed by atoms with Gasteiger partial charge in [-0.25, -0.2) is 0 Å². The summed E-state index contributed by atoms with van der Waals surface area (Å²) in [5.74, 6) is 0.274. The molecule has 0 aliphatic carbocycles. The van der Waals surface area contributed by atoms with Gasteiger partial charge >= 0.3 is 0 Å². The van der Waals surface area contributed by atoms with E-state index in [1.807, 2.05) is 6.92 Å². The van der Waals surface area contributed by atoms with E-state index in [-0.39, 0.29) is 17.4 Å². The van der Waals surface area contributed by atoms with E-state index in [1.54, 1.807) is 18.2 Å². The largest absolute Gasteiger partial charge is 0.496 e. The summed E-state index contributed by atoms with van der Waals surface area (Å²) in [5, 5.41) is 0.477. The number of carbonyl (C=O) groups excluding carboxylic acids is 1. The molecule has 0 fully saturated rings. The van der Waals surface area contributed by atoms with Crippen LogP contribution in [-0.4, -0.2) is 36.0 Å². The molecule has 0 saturated carbocycles. The van der Waals surface area contributed by atoms with Crippen molar-refractivity contribution in [2.75, 3.05) is 20.2 Å². The lowest BCUT2D eigenvalue weighted by molar-refractivity contribution is 0.0784. The predicted molar refractivity (Wildman–Crippen MR) is 76.4 cm³/mol. The Morgan fingerprint density at radius 1 is 1.56 bits per heavy atom. The fourth-order valence-corrected chi connectivity index (χ4v) is 1.86. The maximum absolute atomic E-state index is 12.3. The Morgan fingerprint density at radius 3 is 2.72 bits per heavy atom. The standard InChI is InChI=1S/C12H15ClN2O2S/c1-3-15(7-11(14)18)12(16)9-6-8(13)4-5-10(9)17-2/h4-6H,3,7H2,1-2H3,(H2,14,18). The maximum atomic E-state index is 12.3. The van der Waals surface area contributed by atoms with Crippen molar-refractivity contribution in [3.05, 3.63) is 28.8 Å². The molecule has 0 bridgehead atoms. The fourth-order valence-electron chi connectivity index (χ4n) is 1.53. The minimum absolute atomic E-state index is 0.204. The molecule has 18 heavy (non-hydrogen) atoms. The Kier molecular flexibility index (Phi) is 5.37. The Balaban J connectivity index is 3.07. The summed E-state index contributed by atoms with van der Waals surface area (Å²) >= 11 is 10.7. The second kappa shape index (κ2) is 6.56. The minimum Gasteiger partial charge on any atom is -0.496 e. The first kappa shape index (κ1) is 14.7. The van der Waals surface area contributed by atoms with Crippen LogP contribution < -0.4 is 10.5 Å². The van der Waals surface area contributed by atoms with Crippen molar-refractivity contribution in [3.8, 4) is 5.75 Å². The third kappa shape index (κ3) is 3.58. The number of nitrogens with two attached hydrogens (primary N) is 1. The molecule has 4 nitrogen and oxygen atoms in total. The molecule has 1 aromatic rings. The molecule has 1 amide bonds. The van der Waals surface area contributed by atoms with Crippen LogP contribution in [0.5, 0.6) is 5.75 Å². The van der Waals surface area contributed by atoms with Crippen LogP contribution in [0.25, 0.3) is 0 Å². The fraction of sp³-hybridized carbons (Fsp3) is 0.333. The van der Waals surface area contributed by atoms with E-state index in [4.69, 9.17) is 34.3 Å². The minimum atomic E-state index is -0.204. The van der Waals surface area contributed by atoms with Crippen LogP contribution in [0.4, 0.5) is 0 Å². The first-order valence-electron chi connectivity index (χ1n) is 5.40. The van der Waals surface area contributed by atoms with Gasteiger partial charge in [-0.2, -0.15) is 0 Å². The average molecular weight is 287 g/mol. The van der Waals surface area contributed by atoms with Crippen LogP contribution >= 0.6 is 23.8 Å². The molecule has 98 valence electrons. The Bertz CT molecular complexity index is 465. The normalized spacial score (nSPS) is 9.94. The highest BCUT2D eigenvalue weighted by Gasteiger charge is 2.19. The van der Waals surface area contributed by atoms with Gasteiger partial charge in [0.05, 0.1) is 24.2 Å². The van der Waals surface area contributed by atoms with Crippen LogP contribution in [0, 0.1) is 0 Å². The van der Waals surface area contributed by atoms with Gasteiger partial charge in [0, 0.05) is 11.6 Å². The Labute approximate surface area is 117 Å². The molecule has 0 aromatic heterocycles. The van der Waals surface area contributed by atoms with E-state index in [1.165, 1.54) is 12.0 Å². The number of ether oxygens (including phenoxy) is 1. The number of methoxy groups -OCH3 is 1. The van der Waals surface area contributed by atoms with Gasteiger partial charge in [-0.1, -0.05) is 23.8 Å². The topological polar surface area (TPSA) is 55.6 Å². The van der Waals surface area contributed by atoms with Gasteiger partial charge in [0.25, 0.3) is 5.91 Å². The Morgan fingerprint density at radius 2 is 2.22 bits per heavy atom. The maximum Gasteiger partial charge on any atom is 0.258 e. The van der Waals surface area contributed by atoms with Gasteiger partial charge in [-0.05, 0) is 25.1 Å². The van der Waals surface area contributed by atoms with Crippen LogP contribution in [0.2, 0.25) is 5.02 Å². The monoisotopic (exact) mass is 286 g/mol. The molecule has 1 aromatic carbocycles. The number of amides is 1.